The van der Waals surface area contributed by atoms with Crippen molar-refractivity contribution in [3.63, 3.8) is 0 Å². The Morgan fingerprint density at radius 3 is 1.82 bits per heavy atom. The highest BCUT2D eigenvalue weighted by molar-refractivity contribution is 7.05. The minimum absolute atomic E-state index is 0.0927. The average Bonchev–Trinajstić information content (AvgIpc) is 3.81. The summed E-state index contributed by atoms with van der Waals surface area (Å²) < 4.78 is 0. The fourth-order valence-electron chi connectivity index (χ4n) is 11.9. The van der Waals surface area contributed by atoms with Gasteiger partial charge in [0, 0.05) is 39.2 Å². The first kappa shape index (κ1) is 35.8. The monoisotopic (exact) mass is 790 g/mol. The molecule has 5 aliphatic rings. The smallest absolute Gasteiger partial charge is 0.123 e. The van der Waals surface area contributed by atoms with E-state index in [0.29, 0.717) is 0 Å². The quantitative estimate of drug-likeness (QED) is 0.129. The molecule has 0 N–H and O–H groups in total. The zero-order valence-corrected chi connectivity index (χ0v) is 35.7. The molecule has 292 valence electrons. The molecule has 0 unspecified atom stereocenters. The number of allylic oxidation sites excluding steroid dienone is 4. The van der Waals surface area contributed by atoms with Gasteiger partial charge in [-0.15, -0.1) is 0 Å². The predicted molar refractivity (Wildman–Crippen MR) is 258 cm³/mol. The van der Waals surface area contributed by atoms with E-state index in [2.05, 4.69) is 194 Å². The SMILES string of the molecule is CC1(C)C2=C(CCC(N3c4ccccc4[Si]4(CCCC4)c4ccccc43)=C2)c2ccc(/C=C/c3cccc4c(N5c6ccccc6CCc6ccccc65)cccc34)cc21. The molecule has 7 aromatic rings. The Hall–Kier alpha value is -6.16. The van der Waals surface area contributed by atoms with E-state index in [1.165, 1.54) is 114 Å². The number of rotatable bonds is 4. The fourth-order valence-corrected chi connectivity index (χ4v) is 17.5. The Kier molecular flexibility index (Phi) is 8.16. The summed E-state index contributed by atoms with van der Waals surface area (Å²) in [5.74, 6) is 0. The van der Waals surface area contributed by atoms with Gasteiger partial charge in [-0.2, -0.15) is 0 Å². The molecule has 0 bridgehead atoms. The molecular weight excluding hydrogens is 741 g/mol. The molecule has 1 fully saturated rings. The standard InChI is InChI=1S/C57H50N2Si/c1-57(2)48-37-39(27-29-40-17-13-19-47-44(40)18-14-24-52(47)59-50-20-5-3-15-41(50)30-31-42-16-4-6-21-51(42)59)28-33-45(48)46-34-32-43(38-49(46)57)58-53-22-7-9-25-55(53)60(35-11-12-36-60)56-26-10-8-23-54(56)58/h3-10,13-29,33,37-38H,11-12,30-32,34-36H2,1-2H3/b29-27+. The van der Waals surface area contributed by atoms with Crippen molar-refractivity contribution in [1.29, 1.82) is 0 Å². The molecule has 12 rings (SSSR count). The lowest BCUT2D eigenvalue weighted by atomic mass is 9.79. The lowest BCUT2D eigenvalue weighted by Crippen LogP contribution is -2.61. The van der Waals surface area contributed by atoms with E-state index in [9.17, 15) is 0 Å². The molecule has 7 aromatic carbocycles. The van der Waals surface area contributed by atoms with Crippen molar-refractivity contribution in [1.82, 2.24) is 0 Å². The Balaban J connectivity index is 0.888. The minimum Gasteiger partial charge on any atom is -0.314 e. The zero-order valence-electron chi connectivity index (χ0n) is 34.7. The summed E-state index contributed by atoms with van der Waals surface area (Å²) in [6, 6.07) is 60.4. The number of aryl methyl sites for hydroxylation is 2. The third kappa shape index (κ3) is 5.31. The summed E-state index contributed by atoms with van der Waals surface area (Å²) in [6.07, 6.45) is 14.2. The van der Waals surface area contributed by atoms with Crippen LogP contribution < -0.4 is 20.2 Å². The molecule has 1 spiro atoms. The molecule has 2 aliphatic carbocycles. The number of hydrogen-bond donors (Lipinski definition) is 0. The van der Waals surface area contributed by atoms with Gasteiger partial charge in [-0.1, -0.05) is 160 Å². The van der Waals surface area contributed by atoms with Crippen LogP contribution in [-0.4, -0.2) is 8.07 Å². The zero-order chi connectivity index (χ0) is 40.0. The Morgan fingerprint density at radius 2 is 1.12 bits per heavy atom. The van der Waals surface area contributed by atoms with Crippen molar-refractivity contribution in [3.05, 3.63) is 202 Å². The van der Waals surface area contributed by atoms with Crippen molar-refractivity contribution in [2.45, 2.75) is 69.9 Å². The van der Waals surface area contributed by atoms with Gasteiger partial charge in [0.15, 0.2) is 0 Å². The molecule has 0 atom stereocenters. The maximum Gasteiger partial charge on any atom is 0.123 e. The second-order valence-corrected chi connectivity index (χ2v) is 22.5. The van der Waals surface area contributed by atoms with Gasteiger partial charge in [-0.05, 0) is 134 Å². The Labute approximate surface area is 355 Å². The number of benzene rings is 7. The van der Waals surface area contributed by atoms with Crippen LogP contribution >= 0.6 is 0 Å². The molecule has 3 aliphatic heterocycles. The van der Waals surface area contributed by atoms with Crippen molar-refractivity contribution in [2.24, 2.45) is 0 Å². The first-order chi connectivity index (χ1) is 29.5. The van der Waals surface area contributed by atoms with E-state index >= 15 is 0 Å². The maximum absolute atomic E-state index is 2.66. The molecule has 2 nitrogen and oxygen atoms in total. The second-order valence-electron chi connectivity index (χ2n) is 18.3. The van der Waals surface area contributed by atoms with Crippen LogP contribution in [0.25, 0.3) is 28.5 Å². The van der Waals surface area contributed by atoms with Crippen molar-refractivity contribution in [3.8, 4) is 0 Å². The van der Waals surface area contributed by atoms with Crippen LogP contribution in [0, 0.1) is 0 Å². The van der Waals surface area contributed by atoms with Crippen LogP contribution in [0.5, 0.6) is 0 Å². The van der Waals surface area contributed by atoms with E-state index in [4.69, 9.17) is 0 Å². The molecule has 1 saturated heterocycles. The predicted octanol–water partition coefficient (Wildman–Crippen LogP) is 13.8. The van der Waals surface area contributed by atoms with Gasteiger partial charge in [0.2, 0.25) is 0 Å². The van der Waals surface area contributed by atoms with Crippen molar-refractivity contribution >= 4 is 75.4 Å². The van der Waals surface area contributed by atoms with Crippen LogP contribution in [0.4, 0.5) is 28.4 Å². The first-order valence-electron chi connectivity index (χ1n) is 22.2. The summed E-state index contributed by atoms with van der Waals surface area (Å²) >= 11 is 0. The lowest BCUT2D eigenvalue weighted by molar-refractivity contribution is 0.648. The fraction of sp³-hybridized carbons (Fsp3) is 0.193. The molecule has 0 amide bonds. The van der Waals surface area contributed by atoms with Gasteiger partial charge in [-0.3, -0.25) is 0 Å². The van der Waals surface area contributed by atoms with E-state index < -0.39 is 8.07 Å². The molecular formula is C57H50N2Si. The van der Waals surface area contributed by atoms with E-state index in [1.807, 2.05) is 0 Å². The van der Waals surface area contributed by atoms with Crippen LogP contribution in [0.1, 0.15) is 72.9 Å². The highest BCUT2D eigenvalue weighted by atomic mass is 28.3. The number of anilines is 5. The number of fused-ring (bicyclic) bond motifs is 9. The molecule has 3 heterocycles. The minimum atomic E-state index is -1.75. The van der Waals surface area contributed by atoms with Gasteiger partial charge >= 0.3 is 0 Å². The average molecular weight is 791 g/mol. The lowest BCUT2D eigenvalue weighted by Gasteiger charge is -2.44. The number of nitrogens with zero attached hydrogens (tertiary/aromatic N) is 2. The number of hydrogen-bond acceptors (Lipinski definition) is 2. The van der Waals surface area contributed by atoms with Crippen LogP contribution in [-0.2, 0) is 18.3 Å². The second kappa shape index (κ2) is 13.7. The van der Waals surface area contributed by atoms with Gasteiger partial charge < -0.3 is 9.80 Å². The topological polar surface area (TPSA) is 6.48 Å². The van der Waals surface area contributed by atoms with Gasteiger partial charge in [0.1, 0.15) is 8.07 Å². The Morgan fingerprint density at radius 1 is 0.517 bits per heavy atom. The summed E-state index contributed by atoms with van der Waals surface area (Å²) in [7, 11) is -1.75. The molecule has 0 aromatic heterocycles. The summed E-state index contributed by atoms with van der Waals surface area (Å²) in [5.41, 5.74) is 19.2. The van der Waals surface area contributed by atoms with E-state index in [-0.39, 0.29) is 5.41 Å². The van der Waals surface area contributed by atoms with Gasteiger partial charge in [0.05, 0.1) is 5.69 Å². The molecule has 0 radical (unpaired) electrons. The highest BCUT2D eigenvalue weighted by Crippen LogP contribution is 2.53. The van der Waals surface area contributed by atoms with Crippen LogP contribution in [0.3, 0.4) is 0 Å². The van der Waals surface area contributed by atoms with Crippen molar-refractivity contribution < 1.29 is 0 Å². The summed E-state index contributed by atoms with van der Waals surface area (Å²) in [5, 5.41) is 5.85. The Bertz CT molecular complexity index is 2900. The first-order valence-corrected chi connectivity index (χ1v) is 24.7. The van der Waals surface area contributed by atoms with E-state index in [0.717, 1.165) is 25.7 Å². The van der Waals surface area contributed by atoms with Gasteiger partial charge in [0.25, 0.3) is 0 Å². The molecule has 3 heteroatoms. The molecule has 60 heavy (non-hydrogen) atoms. The van der Waals surface area contributed by atoms with Crippen LogP contribution in [0.15, 0.2) is 169 Å². The summed E-state index contributed by atoms with van der Waals surface area (Å²) in [4.78, 5) is 5.17. The van der Waals surface area contributed by atoms with Crippen molar-refractivity contribution in [2.75, 3.05) is 9.80 Å². The highest BCUT2D eigenvalue weighted by Gasteiger charge is 2.48. The third-order valence-corrected chi connectivity index (χ3v) is 20.1. The summed E-state index contributed by atoms with van der Waals surface area (Å²) in [6.45, 7) is 4.90. The van der Waals surface area contributed by atoms with Gasteiger partial charge in [-0.25, -0.2) is 0 Å². The maximum atomic E-state index is 2.66. The third-order valence-electron chi connectivity index (χ3n) is 14.8. The largest absolute Gasteiger partial charge is 0.314 e. The van der Waals surface area contributed by atoms with Crippen LogP contribution in [0.2, 0.25) is 12.1 Å². The van der Waals surface area contributed by atoms with E-state index in [1.54, 1.807) is 10.4 Å². The number of para-hydroxylation sites is 4. The normalized spacial score (nSPS) is 18.1. The molecule has 0 saturated carbocycles.